The second-order valence-corrected chi connectivity index (χ2v) is 4.78. The lowest BCUT2D eigenvalue weighted by molar-refractivity contribution is 0.104. The minimum Gasteiger partial charge on any atom is -0.507 e. The molecule has 0 saturated carbocycles. The molecule has 0 spiro atoms. The van der Waals surface area contributed by atoms with Gasteiger partial charge in [-0.05, 0) is 29.0 Å². The summed E-state index contributed by atoms with van der Waals surface area (Å²) in [7, 11) is 0. The van der Waals surface area contributed by atoms with E-state index in [1.807, 2.05) is 48.5 Å². The van der Waals surface area contributed by atoms with Gasteiger partial charge in [0.1, 0.15) is 5.75 Å². The first kappa shape index (κ1) is 13.1. The highest BCUT2D eigenvalue weighted by atomic mass is 16.3. The molecule has 0 saturated heterocycles. The molecule has 1 N–H and O–H groups in total. The molecular formula is C19H14O2. The number of ketones is 1. The molecule has 3 rings (SSSR count). The van der Waals surface area contributed by atoms with Crippen molar-refractivity contribution in [3.63, 3.8) is 0 Å². The van der Waals surface area contributed by atoms with Crippen LogP contribution >= 0.6 is 0 Å². The third kappa shape index (κ3) is 2.70. The van der Waals surface area contributed by atoms with Crippen molar-refractivity contribution in [2.75, 3.05) is 0 Å². The largest absolute Gasteiger partial charge is 0.507 e. The number of rotatable bonds is 3. The average Bonchev–Trinajstić information content (AvgIpc) is 2.53. The molecule has 2 nitrogen and oxygen atoms in total. The van der Waals surface area contributed by atoms with E-state index in [-0.39, 0.29) is 11.5 Å². The van der Waals surface area contributed by atoms with Crippen LogP contribution in [-0.2, 0) is 0 Å². The van der Waals surface area contributed by atoms with Crippen molar-refractivity contribution in [3.8, 4) is 5.75 Å². The van der Waals surface area contributed by atoms with E-state index >= 15 is 0 Å². The van der Waals surface area contributed by atoms with E-state index in [4.69, 9.17) is 0 Å². The monoisotopic (exact) mass is 274 g/mol. The van der Waals surface area contributed by atoms with Crippen LogP contribution in [0.5, 0.6) is 5.75 Å². The van der Waals surface area contributed by atoms with Crippen molar-refractivity contribution in [3.05, 3.63) is 83.9 Å². The maximum atomic E-state index is 12.4. The number of fused-ring (bicyclic) bond motifs is 1. The lowest BCUT2D eigenvalue weighted by atomic mass is 10.0. The molecule has 0 aromatic heterocycles. The first-order valence-electron chi connectivity index (χ1n) is 6.74. The highest BCUT2D eigenvalue weighted by Gasteiger charge is 2.06. The Hall–Kier alpha value is -2.87. The van der Waals surface area contributed by atoms with Gasteiger partial charge in [-0.2, -0.15) is 0 Å². The number of allylic oxidation sites excluding steroid dienone is 1. The summed E-state index contributed by atoms with van der Waals surface area (Å²) in [5.74, 6) is 0.0922. The number of hydrogen-bond acceptors (Lipinski definition) is 2. The van der Waals surface area contributed by atoms with E-state index in [0.717, 1.165) is 10.8 Å². The molecule has 0 radical (unpaired) electrons. The molecule has 0 aliphatic carbocycles. The van der Waals surface area contributed by atoms with Crippen LogP contribution in [0.3, 0.4) is 0 Å². The number of phenols is 1. The van der Waals surface area contributed by atoms with E-state index in [1.165, 1.54) is 6.08 Å². The molecule has 0 aliphatic rings. The molecule has 3 aromatic carbocycles. The molecule has 0 heterocycles. The van der Waals surface area contributed by atoms with Gasteiger partial charge in [0.25, 0.3) is 0 Å². The summed E-state index contributed by atoms with van der Waals surface area (Å²) in [5, 5.41) is 11.7. The summed E-state index contributed by atoms with van der Waals surface area (Å²) in [5.41, 5.74) is 1.30. The summed E-state index contributed by atoms with van der Waals surface area (Å²) in [6.45, 7) is 0. The SMILES string of the molecule is O=C(/C=C\c1ccccc1O)c1cccc2ccccc12. The number of phenolic OH excluding ortho intramolecular Hbond substituents is 1. The Labute approximate surface area is 123 Å². The zero-order valence-electron chi connectivity index (χ0n) is 11.4. The van der Waals surface area contributed by atoms with Crippen molar-refractivity contribution >= 4 is 22.6 Å². The van der Waals surface area contributed by atoms with E-state index in [9.17, 15) is 9.90 Å². The van der Waals surface area contributed by atoms with Gasteiger partial charge in [0.2, 0.25) is 0 Å². The van der Waals surface area contributed by atoms with Crippen LogP contribution in [0.4, 0.5) is 0 Å². The standard InChI is InChI=1S/C19H14O2/c20-18-11-4-2-7-15(18)12-13-19(21)17-10-5-8-14-6-1-3-9-16(14)17/h1-13,20H/b13-12-. The predicted molar refractivity (Wildman–Crippen MR) is 85.4 cm³/mol. The Balaban J connectivity index is 1.97. The smallest absolute Gasteiger partial charge is 0.186 e. The van der Waals surface area contributed by atoms with Crippen molar-refractivity contribution < 1.29 is 9.90 Å². The van der Waals surface area contributed by atoms with Gasteiger partial charge in [0.05, 0.1) is 0 Å². The summed E-state index contributed by atoms with van der Waals surface area (Å²) in [6.07, 6.45) is 3.14. The minimum absolute atomic E-state index is 0.0740. The normalized spacial score (nSPS) is 11.0. The molecule has 102 valence electrons. The third-order valence-corrected chi connectivity index (χ3v) is 3.41. The van der Waals surface area contributed by atoms with Gasteiger partial charge in [-0.15, -0.1) is 0 Å². The molecule has 2 heteroatoms. The number of para-hydroxylation sites is 1. The molecule has 3 aromatic rings. The summed E-state index contributed by atoms with van der Waals surface area (Å²) in [4.78, 5) is 12.4. The number of carbonyl (C=O) groups excluding carboxylic acids is 1. The fourth-order valence-electron chi connectivity index (χ4n) is 2.32. The van der Waals surface area contributed by atoms with Gasteiger partial charge in [0, 0.05) is 11.1 Å². The molecule has 0 bridgehead atoms. The van der Waals surface area contributed by atoms with E-state index in [0.29, 0.717) is 11.1 Å². The summed E-state index contributed by atoms with van der Waals surface area (Å²) in [6, 6.07) is 20.4. The zero-order valence-corrected chi connectivity index (χ0v) is 11.4. The van der Waals surface area contributed by atoms with Crippen LogP contribution in [0.15, 0.2) is 72.8 Å². The van der Waals surface area contributed by atoms with Gasteiger partial charge in [-0.25, -0.2) is 0 Å². The first-order valence-corrected chi connectivity index (χ1v) is 6.74. The van der Waals surface area contributed by atoms with Crippen LogP contribution in [0.25, 0.3) is 16.8 Å². The van der Waals surface area contributed by atoms with Crippen LogP contribution in [-0.4, -0.2) is 10.9 Å². The Morgan fingerprint density at radius 1 is 0.857 bits per heavy atom. The second kappa shape index (κ2) is 5.63. The van der Waals surface area contributed by atoms with Crippen molar-refractivity contribution in [1.82, 2.24) is 0 Å². The lowest BCUT2D eigenvalue weighted by Crippen LogP contribution is -1.95. The third-order valence-electron chi connectivity index (χ3n) is 3.41. The molecular weight excluding hydrogens is 260 g/mol. The van der Waals surface area contributed by atoms with Crippen molar-refractivity contribution in [2.24, 2.45) is 0 Å². The molecule has 0 amide bonds. The Kier molecular flexibility index (Phi) is 3.52. The van der Waals surface area contributed by atoms with Gasteiger partial charge in [-0.1, -0.05) is 60.7 Å². The second-order valence-electron chi connectivity index (χ2n) is 4.78. The fraction of sp³-hybridized carbons (Fsp3) is 0. The average molecular weight is 274 g/mol. The number of carbonyl (C=O) groups is 1. The van der Waals surface area contributed by atoms with Crippen LogP contribution < -0.4 is 0 Å². The van der Waals surface area contributed by atoms with E-state index in [2.05, 4.69) is 0 Å². The molecule has 0 aliphatic heterocycles. The lowest BCUT2D eigenvalue weighted by Gasteiger charge is -2.03. The summed E-state index contributed by atoms with van der Waals surface area (Å²) >= 11 is 0. The van der Waals surface area contributed by atoms with E-state index in [1.54, 1.807) is 24.3 Å². The highest BCUT2D eigenvalue weighted by Crippen LogP contribution is 2.21. The zero-order chi connectivity index (χ0) is 14.7. The van der Waals surface area contributed by atoms with Gasteiger partial charge >= 0.3 is 0 Å². The number of benzene rings is 3. The fourth-order valence-corrected chi connectivity index (χ4v) is 2.32. The van der Waals surface area contributed by atoms with Gasteiger partial charge < -0.3 is 5.11 Å². The Morgan fingerprint density at radius 3 is 2.43 bits per heavy atom. The minimum atomic E-state index is -0.0740. The van der Waals surface area contributed by atoms with Gasteiger partial charge in [0.15, 0.2) is 5.78 Å². The van der Waals surface area contributed by atoms with Crippen LogP contribution in [0, 0.1) is 0 Å². The topological polar surface area (TPSA) is 37.3 Å². The maximum absolute atomic E-state index is 12.4. The Bertz CT molecular complexity index is 826. The number of aromatic hydroxyl groups is 1. The summed E-state index contributed by atoms with van der Waals surface area (Å²) < 4.78 is 0. The van der Waals surface area contributed by atoms with Crippen molar-refractivity contribution in [2.45, 2.75) is 0 Å². The Morgan fingerprint density at radius 2 is 1.57 bits per heavy atom. The quantitative estimate of drug-likeness (QED) is 0.566. The van der Waals surface area contributed by atoms with E-state index < -0.39 is 0 Å². The maximum Gasteiger partial charge on any atom is 0.186 e. The predicted octanol–water partition coefficient (Wildman–Crippen LogP) is 4.44. The molecule has 0 unspecified atom stereocenters. The highest BCUT2D eigenvalue weighted by molar-refractivity contribution is 6.14. The van der Waals surface area contributed by atoms with Crippen LogP contribution in [0.1, 0.15) is 15.9 Å². The van der Waals surface area contributed by atoms with Crippen LogP contribution in [0.2, 0.25) is 0 Å². The first-order chi connectivity index (χ1) is 10.3. The number of hydrogen-bond donors (Lipinski definition) is 1. The van der Waals surface area contributed by atoms with Crippen molar-refractivity contribution in [1.29, 1.82) is 0 Å². The molecule has 0 fully saturated rings. The molecule has 21 heavy (non-hydrogen) atoms. The van der Waals surface area contributed by atoms with Gasteiger partial charge in [-0.3, -0.25) is 4.79 Å². The molecule has 0 atom stereocenters.